The van der Waals surface area contributed by atoms with E-state index in [1.54, 1.807) is 13.1 Å². The first kappa shape index (κ1) is 24.0. The molecule has 194 valence electrons. The highest BCUT2D eigenvalue weighted by molar-refractivity contribution is 5.74. The summed E-state index contributed by atoms with van der Waals surface area (Å²) in [6.45, 7) is 4.94. The first-order valence-corrected chi connectivity index (χ1v) is 12.8. The summed E-state index contributed by atoms with van der Waals surface area (Å²) in [6.07, 6.45) is 4.39. The Balaban J connectivity index is 1.25. The molecule has 1 fully saturated rings. The summed E-state index contributed by atoms with van der Waals surface area (Å²) >= 11 is 0. The third kappa shape index (κ3) is 4.80. The molecule has 6 rings (SSSR count). The van der Waals surface area contributed by atoms with Gasteiger partial charge in [0.2, 0.25) is 11.5 Å². The Labute approximate surface area is 220 Å². The Morgan fingerprint density at radius 3 is 2.63 bits per heavy atom. The molecule has 0 amide bonds. The first-order chi connectivity index (χ1) is 18.6. The average molecular weight is 511 g/mol. The van der Waals surface area contributed by atoms with Crippen LogP contribution in [0.1, 0.15) is 29.7 Å². The monoisotopic (exact) mass is 510 g/mol. The van der Waals surface area contributed by atoms with Crippen LogP contribution in [0, 0.1) is 0 Å². The molecule has 2 aliphatic heterocycles. The molecule has 1 atom stereocenters. The summed E-state index contributed by atoms with van der Waals surface area (Å²) in [5.74, 6) is 2.20. The normalized spacial score (nSPS) is 15.2. The molecule has 0 spiro atoms. The minimum Gasteiger partial charge on any atom is -0.456 e. The molecule has 0 bridgehead atoms. The van der Waals surface area contributed by atoms with E-state index in [0.717, 1.165) is 70.3 Å². The van der Waals surface area contributed by atoms with Crippen LogP contribution in [0.25, 0.3) is 11.3 Å². The van der Waals surface area contributed by atoms with E-state index < -0.39 is 0 Å². The van der Waals surface area contributed by atoms with E-state index in [2.05, 4.69) is 49.5 Å². The van der Waals surface area contributed by atoms with Gasteiger partial charge in [-0.05, 0) is 42.8 Å². The van der Waals surface area contributed by atoms with E-state index in [0.29, 0.717) is 19.2 Å². The van der Waals surface area contributed by atoms with Gasteiger partial charge >= 0.3 is 0 Å². The molecule has 4 aromatic rings. The minimum atomic E-state index is -0.131. The zero-order valence-corrected chi connectivity index (χ0v) is 21.5. The molecule has 9 nitrogen and oxygen atoms in total. The number of benzene rings is 2. The number of rotatable bonds is 6. The molecule has 0 aliphatic carbocycles. The predicted octanol–water partition coefficient (Wildman–Crippen LogP) is 4.58. The average Bonchev–Trinajstić information content (AvgIpc) is 2.96. The second-order valence-corrected chi connectivity index (χ2v) is 9.57. The Kier molecular flexibility index (Phi) is 6.43. The quantitative estimate of drug-likeness (QED) is 0.305. The van der Waals surface area contributed by atoms with Gasteiger partial charge in [-0.1, -0.05) is 12.1 Å². The van der Waals surface area contributed by atoms with Crippen LogP contribution in [0.5, 0.6) is 11.5 Å². The van der Waals surface area contributed by atoms with E-state index in [-0.39, 0.29) is 11.6 Å². The molecule has 1 unspecified atom stereocenters. The van der Waals surface area contributed by atoms with Gasteiger partial charge < -0.3 is 30.0 Å². The van der Waals surface area contributed by atoms with Crippen molar-refractivity contribution in [1.29, 1.82) is 0 Å². The van der Waals surface area contributed by atoms with Crippen LogP contribution in [0.15, 0.2) is 65.7 Å². The van der Waals surface area contributed by atoms with Gasteiger partial charge in [-0.25, -0.2) is 9.97 Å². The summed E-state index contributed by atoms with van der Waals surface area (Å²) in [5.41, 5.74) is 6.57. The molecule has 4 heterocycles. The fourth-order valence-corrected chi connectivity index (χ4v) is 4.98. The van der Waals surface area contributed by atoms with Crippen molar-refractivity contribution in [2.75, 3.05) is 48.9 Å². The summed E-state index contributed by atoms with van der Waals surface area (Å²) in [4.78, 5) is 26.4. The second-order valence-electron chi connectivity index (χ2n) is 9.57. The number of H-pyrrole nitrogens is 1. The van der Waals surface area contributed by atoms with Gasteiger partial charge in [0, 0.05) is 73.1 Å². The Hall–Kier alpha value is -4.37. The lowest BCUT2D eigenvalue weighted by Crippen LogP contribution is -2.36. The number of aromatic nitrogens is 3. The largest absolute Gasteiger partial charge is 0.456 e. The van der Waals surface area contributed by atoms with Crippen LogP contribution in [0.2, 0.25) is 0 Å². The van der Waals surface area contributed by atoms with Crippen LogP contribution >= 0.6 is 0 Å². The number of nitrogens with zero attached hydrogens (tertiary/aromatic N) is 3. The van der Waals surface area contributed by atoms with E-state index in [1.165, 1.54) is 0 Å². The maximum absolute atomic E-state index is 12.6. The van der Waals surface area contributed by atoms with Crippen LogP contribution in [0.3, 0.4) is 0 Å². The van der Waals surface area contributed by atoms with E-state index in [4.69, 9.17) is 9.47 Å². The van der Waals surface area contributed by atoms with Gasteiger partial charge in [-0.2, -0.15) is 0 Å². The van der Waals surface area contributed by atoms with E-state index in [9.17, 15) is 4.79 Å². The van der Waals surface area contributed by atoms with Crippen molar-refractivity contribution >= 4 is 17.3 Å². The lowest BCUT2D eigenvalue weighted by molar-refractivity contribution is 0.122. The number of ether oxygens (including phenoxy) is 2. The Morgan fingerprint density at radius 1 is 1.03 bits per heavy atom. The zero-order chi connectivity index (χ0) is 26.1. The minimum absolute atomic E-state index is 0.0397. The summed E-state index contributed by atoms with van der Waals surface area (Å²) in [7, 11) is 1.80. The number of para-hydroxylation sites is 1. The van der Waals surface area contributed by atoms with Crippen molar-refractivity contribution in [2.24, 2.45) is 0 Å². The van der Waals surface area contributed by atoms with Crippen LogP contribution in [0.4, 0.5) is 17.3 Å². The van der Waals surface area contributed by atoms with Gasteiger partial charge in [0.1, 0.15) is 11.5 Å². The third-order valence-electron chi connectivity index (χ3n) is 7.02. The molecule has 2 aromatic carbocycles. The molecule has 9 heteroatoms. The molecule has 38 heavy (non-hydrogen) atoms. The Bertz CT molecular complexity index is 1510. The SMILES string of the molecule is CNc1ncc(C(C)Nc2ccc3c(c2)Cc2cccc(-c4cc(N5CCOCC5)cc(=O)[nH]4)c2O3)cn1. The fourth-order valence-electron chi connectivity index (χ4n) is 4.98. The Morgan fingerprint density at radius 2 is 1.84 bits per heavy atom. The van der Waals surface area contributed by atoms with Crippen LogP contribution in [-0.2, 0) is 11.2 Å². The number of aromatic amines is 1. The predicted molar refractivity (Wildman–Crippen MR) is 148 cm³/mol. The smallest absolute Gasteiger partial charge is 0.250 e. The molecule has 3 N–H and O–H groups in total. The lowest BCUT2D eigenvalue weighted by atomic mass is 9.96. The second kappa shape index (κ2) is 10.2. The lowest BCUT2D eigenvalue weighted by Gasteiger charge is -2.29. The number of hydrogen-bond donors (Lipinski definition) is 3. The zero-order valence-electron chi connectivity index (χ0n) is 21.5. The van der Waals surface area contributed by atoms with Crippen molar-refractivity contribution in [2.45, 2.75) is 19.4 Å². The first-order valence-electron chi connectivity index (χ1n) is 12.8. The highest BCUT2D eigenvalue weighted by atomic mass is 16.5. The van der Waals surface area contributed by atoms with Crippen LogP contribution in [-0.4, -0.2) is 48.3 Å². The third-order valence-corrected chi connectivity index (χ3v) is 7.02. The standard InChI is InChI=1S/C29H30N6O3/c1-18(21-16-31-29(30-2)32-17-21)33-22-6-7-26-20(13-22)12-19-4-3-5-24(28(19)38-26)25-14-23(15-27(36)34-25)35-8-10-37-11-9-35/h3-7,13-18,33H,8-12H2,1-2H3,(H,34,36)(H,30,31,32). The molecule has 0 saturated carbocycles. The highest BCUT2D eigenvalue weighted by Crippen LogP contribution is 2.43. The van der Waals surface area contributed by atoms with E-state index >= 15 is 0 Å². The summed E-state index contributed by atoms with van der Waals surface area (Å²) in [6, 6.07) is 16.0. The number of morpholine rings is 1. The van der Waals surface area contributed by atoms with Crippen LogP contribution < -0.4 is 25.8 Å². The van der Waals surface area contributed by atoms with Gasteiger partial charge in [0.15, 0.2) is 0 Å². The molecule has 2 aromatic heterocycles. The number of pyridine rings is 1. The maximum atomic E-state index is 12.6. The summed E-state index contributed by atoms with van der Waals surface area (Å²) in [5, 5.41) is 6.48. The number of anilines is 3. The van der Waals surface area contributed by atoms with Gasteiger partial charge in [-0.3, -0.25) is 4.79 Å². The summed E-state index contributed by atoms with van der Waals surface area (Å²) < 4.78 is 11.9. The van der Waals surface area contributed by atoms with Gasteiger partial charge in [0.25, 0.3) is 0 Å². The number of fused-ring (bicyclic) bond motifs is 2. The van der Waals surface area contributed by atoms with Crippen molar-refractivity contribution in [3.8, 4) is 22.8 Å². The van der Waals surface area contributed by atoms with Crippen molar-refractivity contribution in [1.82, 2.24) is 15.0 Å². The molecule has 0 radical (unpaired) electrons. The van der Waals surface area contributed by atoms with Gasteiger partial charge in [-0.15, -0.1) is 0 Å². The number of nitrogens with one attached hydrogen (secondary N) is 3. The molecular formula is C29H30N6O3. The van der Waals surface area contributed by atoms with Crippen molar-refractivity contribution in [3.63, 3.8) is 0 Å². The fraction of sp³-hybridized carbons (Fsp3) is 0.276. The van der Waals surface area contributed by atoms with Crippen molar-refractivity contribution < 1.29 is 9.47 Å². The molecule has 2 aliphatic rings. The highest BCUT2D eigenvalue weighted by Gasteiger charge is 2.22. The van der Waals surface area contributed by atoms with Crippen molar-refractivity contribution in [3.05, 3.63) is 88.0 Å². The number of hydrogen-bond acceptors (Lipinski definition) is 8. The van der Waals surface area contributed by atoms with E-state index in [1.807, 2.05) is 42.7 Å². The van der Waals surface area contributed by atoms with Gasteiger partial charge in [0.05, 0.1) is 24.9 Å². The molecule has 1 saturated heterocycles. The molecular weight excluding hydrogens is 480 g/mol. The maximum Gasteiger partial charge on any atom is 0.250 e. The topological polar surface area (TPSA) is 104 Å².